The molecule has 0 heterocycles. The van der Waals surface area contributed by atoms with Crippen molar-refractivity contribution in [3.63, 3.8) is 0 Å². The van der Waals surface area contributed by atoms with Crippen LogP contribution in [0.5, 0.6) is 0 Å². The summed E-state index contributed by atoms with van der Waals surface area (Å²) < 4.78 is 5.38. The maximum atomic E-state index is 5.38. The second-order valence-electron chi connectivity index (χ2n) is 3.04. The van der Waals surface area contributed by atoms with Gasteiger partial charge in [0.1, 0.15) is 0 Å². The third kappa shape index (κ3) is 5.83. The summed E-state index contributed by atoms with van der Waals surface area (Å²) in [5.74, 6) is 0.643. The van der Waals surface area contributed by atoms with Gasteiger partial charge in [-0.3, -0.25) is 0 Å². The van der Waals surface area contributed by atoms with Crippen molar-refractivity contribution in [3.8, 4) is 0 Å². The first-order valence-corrected chi connectivity index (χ1v) is 3.86. The van der Waals surface area contributed by atoms with E-state index in [1.54, 1.807) is 0 Å². The average Bonchev–Trinajstić information content (AvgIpc) is 1.87. The van der Waals surface area contributed by atoms with Crippen LogP contribution in [0.3, 0.4) is 0 Å². The molecule has 1 nitrogen and oxygen atoms in total. The maximum absolute atomic E-state index is 5.38. The lowest BCUT2D eigenvalue weighted by Crippen LogP contribution is -2.03. The summed E-state index contributed by atoms with van der Waals surface area (Å²) in [7, 11) is 0. The van der Waals surface area contributed by atoms with Gasteiger partial charge in [-0.25, -0.2) is 0 Å². The lowest BCUT2D eigenvalue weighted by molar-refractivity contribution is 0.129. The number of hydrogen-bond donors (Lipinski definition) is 0. The molecule has 10 heavy (non-hydrogen) atoms. The molecule has 0 spiro atoms. The Bertz CT molecular complexity index is 103. The Balaban J connectivity index is 3.20. The molecule has 0 aliphatic carbocycles. The van der Waals surface area contributed by atoms with Crippen LogP contribution in [-0.2, 0) is 4.74 Å². The van der Waals surface area contributed by atoms with E-state index in [1.165, 1.54) is 5.57 Å². The lowest BCUT2D eigenvalue weighted by Gasteiger charge is -2.05. The zero-order chi connectivity index (χ0) is 7.98. The molecule has 0 rings (SSSR count). The Hall–Kier alpha value is -0.300. The molecule has 0 saturated carbocycles. The van der Waals surface area contributed by atoms with Gasteiger partial charge in [-0.05, 0) is 19.8 Å². The monoisotopic (exact) mass is 142 g/mol. The van der Waals surface area contributed by atoms with Crippen molar-refractivity contribution in [2.24, 2.45) is 5.92 Å². The Morgan fingerprint density at radius 2 is 2.10 bits per heavy atom. The second kappa shape index (κ2) is 5.48. The van der Waals surface area contributed by atoms with Crippen LogP contribution in [0.1, 0.15) is 27.7 Å². The number of allylic oxidation sites excluding steroid dienone is 1. The molecule has 0 aliphatic rings. The summed E-state index contributed by atoms with van der Waals surface area (Å²) in [6.07, 6.45) is 2.08. The van der Waals surface area contributed by atoms with Gasteiger partial charge in [0.25, 0.3) is 0 Å². The molecule has 0 radical (unpaired) electrons. The minimum Gasteiger partial charge on any atom is -0.377 e. The lowest BCUT2D eigenvalue weighted by atomic mass is 10.2. The van der Waals surface area contributed by atoms with Crippen molar-refractivity contribution in [1.29, 1.82) is 0 Å². The molecule has 0 unspecified atom stereocenters. The normalized spacial score (nSPS) is 12.7. The van der Waals surface area contributed by atoms with Gasteiger partial charge >= 0.3 is 0 Å². The molecule has 1 heteroatoms. The van der Waals surface area contributed by atoms with Gasteiger partial charge in [0, 0.05) is 6.61 Å². The van der Waals surface area contributed by atoms with Gasteiger partial charge < -0.3 is 4.74 Å². The summed E-state index contributed by atoms with van der Waals surface area (Å²) in [4.78, 5) is 0. The fraction of sp³-hybridized carbons (Fsp3) is 0.778. The topological polar surface area (TPSA) is 9.23 Å². The highest BCUT2D eigenvalue weighted by Crippen LogP contribution is 1.96. The standard InChI is InChI=1S/C9H18O/c1-5-9(4)7-10-6-8(2)3/h5,8H,6-7H2,1-4H3/b9-5+. The van der Waals surface area contributed by atoms with Crippen molar-refractivity contribution < 1.29 is 4.74 Å². The molecule has 0 amide bonds. The Kier molecular flexibility index (Phi) is 5.32. The molecular formula is C9H18O. The molecule has 0 bridgehead atoms. The summed E-state index contributed by atoms with van der Waals surface area (Å²) >= 11 is 0. The van der Waals surface area contributed by atoms with Crippen molar-refractivity contribution in [1.82, 2.24) is 0 Å². The Morgan fingerprint density at radius 3 is 2.50 bits per heavy atom. The van der Waals surface area contributed by atoms with Crippen LogP contribution in [0.2, 0.25) is 0 Å². The number of ether oxygens (including phenoxy) is 1. The number of rotatable bonds is 4. The second-order valence-corrected chi connectivity index (χ2v) is 3.04. The molecule has 0 saturated heterocycles. The van der Waals surface area contributed by atoms with E-state index >= 15 is 0 Å². The molecular weight excluding hydrogens is 124 g/mol. The highest BCUT2D eigenvalue weighted by atomic mass is 16.5. The van der Waals surface area contributed by atoms with Crippen LogP contribution in [0.25, 0.3) is 0 Å². The molecule has 0 fully saturated rings. The maximum Gasteiger partial charge on any atom is 0.0674 e. The smallest absolute Gasteiger partial charge is 0.0674 e. The van der Waals surface area contributed by atoms with Gasteiger partial charge in [-0.1, -0.05) is 25.5 Å². The largest absolute Gasteiger partial charge is 0.377 e. The predicted octanol–water partition coefficient (Wildman–Crippen LogP) is 2.63. The van der Waals surface area contributed by atoms with E-state index in [2.05, 4.69) is 26.8 Å². The SMILES string of the molecule is C/C=C(\C)COCC(C)C. The van der Waals surface area contributed by atoms with Gasteiger partial charge in [0.2, 0.25) is 0 Å². The van der Waals surface area contributed by atoms with E-state index in [4.69, 9.17) is 4.74 Å². The Labute approximate surface area is 64.1 Å². The summed E-state index contributed by atoms with van der Waals surface area (Å²) in [6, 6.07) is 0. The minimum atomic E-state index is 0.643. The van der Waals surface area contributed by atoms with Crippen molar-refractivity contribution >= 4 is 0 Å². The van der Waals surface area contributed by atoms with Crippen molar-refractivity contribution in [2.45, 2.75) is 27.7 Å². The predicted molar refractivity (Wildman–Crippen MR) is 45.1 cm³/mol. The molecule has 0 N–H and O–H groups in total. The molecule has 60 valence electrons. The van der Waals surface area contributed by atoms with E-state index in [0.29, 0.717) is 5.92 Å². The molecule has 0 aromatic carbocycles. The fourth-order valence-electron chi connectivity index (χ4n) is 0.539. The summed E-state index contributed by atoms with van der Waals surface area (Å²) in [5.41, 5.74) is 1.31. The first-order valence-electron chi connectivity index (χ1n) is 3.86. The van der Waals surface area contributed by atoms with Crippen LogP contribution in [0.15, 0.2) is 11.6 Å². The minimum absolute atomic E-state index is 0.643. The van der Waals surface area contributed by atoms with E-state index < -0.39 is 0 Å². The summed E-state index contributed by atoms with van der Waals surface area (Å²) in [6.45, 7) is 10.1. The summed E-state index contributed by atoms with van der Waals surface area (Å²) in [5, 5.41) is 0. The Morgan fingerprint density at radius 1 is 1.50 bits per heavy atom. The highest BCUT2D eigenvalue weighted by molar-refractivity contribution is 4.95. The average molecular weight is 142 g/mol. The zero-order valence-electron chi connectivity index (χ0n) is 7.48. The first-order chi connectivity index (χ1) is 4.66. The van der Waals surface area contributed by atoms with Crippen LogP contribution in [0.4, 0.5) is 0 Å². The fourth-order valence-corrected chi connectivity index (χ4v) is 0.539. The van der Waals surface area contributed by atoms with Crippen LogP contribution in [0, 0.1) is 5.92 Å². The first kappa shape index (κ1) is 9.70. The van der Waals surface area contributed by atoms with Crippen LogP contribution < -0.4 is 0 Å². The van der Waals surface area contributed by atoms with Crippen LogP contribution in [-0.4, -0.2) is 13.2 Å². The molecule has 0 aromatic rings. The third-order valence-corrected chi connectivity index (χ3v) is 1.27. The molecule has 0 aliphatic heterocycles. The zero-order valence-corrected chi connectivity index (χ0v) is 7.48. The van der Waals surface area contributed by atoms with Gasteiger partial charge in [0.05, 0.1) is 6.61 Å². The highest BCUT2D eigenvalue weighted by Gasteiger charge is 1.92. The number of hydrogen-bond acceptors (Lipinski definition) is 1. The van der Waals surface area contributed by atoms with E-state index in [-0.39, 0.29) is 0 Å². The third-order valence-electron chi connectivity index (χ3n) is 1.27. The van der Waals surface area contributed by atoms with Crippen molar-refractivity contribution in [2.75, 3.05) is 13.2 Å². The van der Waals surface area contributed by atoms with E-state index in [1.807, 2.05) is 6.92 Å². The van der Waals surface area contributed by atoms with E-state index in [9.17, 15) is 0 Å². The van der Waals surface area contributed by atoms with Gasteiger partial charge in [-0.15, -0.1) is 0 Å². The molecule has 0 atom stereocenters. The van der Waals surface area contributed by atoms with Crippen molar-refractivity contribution in [3.05, 3.63) is 11.6 Å². The van der Waals surface area contributed by atoms with Crippen LogP contribution >= 0.6 is 0 Å². The van der Waals surface area contributed by atoms with Gasteiger partial charge in [-0.2, -0.15) is 0 Å². The van der Waals surface area contributed by atoms with Gasteiger partial charge in [0.15, 0.2) is 0 Å². The molecule has 0 aromatic heterocycles. The van der Waals surface area contributed by atoms with E-state index in [0.717, 1.165) is 13.2 Å². The quantitative estimate of drug-likeness (QED) is 0.548.